The van der Waals surface area contributed by atoms with Crippen molar-refractivity contribution in [1.29, 1.82) is 0 Å². The predicted octanol–water partition coefficient (Wildman–Crippen LogP) is 1.81. The van der Waals surface area contributed by atoms with Crippen molar-refractivity contribution in [2.45, 2.75) is 19.4 Å². The van der Waals surface area contributed by atoms with Crippen LogP contribution in [0.2, 0.25) is 0 Å². The Morgan fingerprint density at radius 2 is 2.10 bits per heavy atom. The van der Waals surface area contributed by atoms with Gasteiger partial charge in [-0.2, -0.15) is 0 Å². The van der Waals surface area contributed by atoms with E-state index in [1.54, 1.807) is 0 Å². The van der Waals surface area contributed by atoms with Crippen LogP contribution in [0.3, 0.4) is 0 Å². The molecule has 0 bridgehead atoms. The lowest BCUT2D eigenvalue weighted by Crippen LogP contribution is -2.32. The molecule has 1 saturated heterocycles. The summed E-state index contributed by atoms with van der Waals surface area (Å²) in [5, 5.41) is 15.2. The summed E-state index contributed by atoms with van der Waals surface area (Å²) in [5.41, 5.74) is 3.24. The molecule has 1 fully saturated rings. The van der Waals surface area contributed by atoms with Crippen molar-refractivity contribution in [2.24, 2.45) is 0 Å². The van der Waals surface area contributed by atoms with Crippen molar-refractivity contribution in [1.82, 2.24) is 15.2 Å². The number of aryl methyl sites for hydroxylation is 1. The summed E-state index contributed by atoms with van der Waals surface area (Å²) in [6.45, 7) is 6.93. The number of benzene rings is 1. The fraction of sp³-hybridized carbons (Fsp3) is 0.500. The number of fused-ring (bicyclic) bond motifs is 1. The summed E-state index contributed by atoms with van der Waals surface area (Å²) in [5.74, 6) is 0. The number of aliphatic hydroxyl groups is 1. The molecule has 1 aliphatic heterocycles. The first kappa shape index (κ1) is 13.6. The number of hydrogen-bond acceptors (Lipinski definition) is 3. The lowest BCUT2D eigenvalue weighted by molar-refractivity contribution is 0.117. The molecule has 0 amide bonds. The third kappa shape index (κ3) is 2.73. The molecular weight excluding hydrogens is 250 g/mol. The van der Waals surface area contributed by atoms with Gasteiger partial charge in [-0.15, -0.1) is 0 Å². The molecule has 0 aliphatic carbocycles. The van der Waals surface area contributed by atoms with E-state index in [1.807, 2.05) is 19.1 Å². The number of H-pyrrole nitrogens is 1. The van der Waals surface area contributed by atoms with Crippen LogP contribution < -0.4 is 5.32 Å². The van der Waals surface area contributed by atoms with Gasteiger partial charge in [0.15, 0.2) is 0 Å². The zero-order valence-corrected chi connectivity index (χ0v) is 12.0. The molecule has 0 saturated carbocycles. The first-order chi connectivity index (χ1) is 9.75. The minimum absolute atomic E-state index is 0.427. The van der Waals surface area contributed by atoms with Gasteiger partial charge in [0.1, 0.15) is 0 Å². The molecule has 1 atom stereocenters. The molecule has 3 N–H and O–H groups in total. The average Bonchev–Trinajstić information content (AvgIpc) is 2.60. The van der Waals surface area contributed by atoms with E-state index in [4.69, 9.17) is 0 Å². The molecule has 0 spiro atoms. The van der Waals surface area contributed by atoms with Gasteiger partial charge in [0.2, 0.25) is 0 Å². The Kier molecular flexibility index (Phi) is 4.05. The Balaban J connectivity index is 1.81. The zero-order valence-electron chi connectivity index (χ0n) is 12.0. The molecule has 1 unspecified atom stereocenters. The molecule has 4 nitrogen and oxygen atoms in total. The average molecular weight is 273 g/mol. The van der Waals surface area contributed by atoms with E-state index >= 15 is 0 Å². The number of rotatable bonds is 3. The summed E-state index contributed by atoms with van der Waals surface area (Å²) in [7, 11) is 0. The van der Waals surface area contributed by atoms with E-state index in [1.165, 1.54) is 0 Å². The molecule has 4 heteroatoms. The zero-order chi connectivity index (χ0) is 13.9. The van der Waals surface area contributed by atoms with E-state index in [0.717, 1.165) is 54.8 Å². The number of para-hydroxylation sites is 1. The third-order valence-corrected chi connectivity index (χ3v) is 4.14. The number of nitrogens with zero attached hydrogens (tertiary/aromatic N) is 1. The van der Waals surface area contributed by atoms with Crippen LogP contribution in [-0.4, -0.2) is 47.7 Å². The minimum Gasteiger partial charge on any atom is -0.387 e. The molecular formula is C16H23N3O. The summed E-state index contributed by atoms with van der Waals surface area (Å²) in [4.78, 5) is 5.72. The number of aromatic nitrogens is 1. The van der Waals surface area contributed by atoms with Gasteiger partial charge in [-0.3, -0.25) is 4.90 Å². The van der Waals surface area contributed by atoms with Crippen molar-refractivity contribution >= 4 is 10.9 Å². The first-order valence-corrected chi connectivity index (χ1v) is 7.44. The normalized spacial score (nSPS) is 19.1. The van der Waals surface area contributed by atoms with E-state index in [-0.39, 0.29) is 0 Å². The topological polar surface area (TPSA) is 51.3 Å². The standard InChI is InChI=1S/C16H23N3O/c1-12-16(13-5-2-3-6-14(13)18-12)15(20)11-19-9-4-7-17-8-10-19/h2-3,5-6,15,17-18,20H,4,7-11H2,1H3. The molecule has 1 aromatic carbocycles. The van der Waals surface area contributed by atoms with Crippen molar-refractivity contribution < 1.29 is 5.11 Å². The van der Waals surface area contributed by atoms with Gasteiger partial charge in [-0.1, -0.05) is 18.2 Å². The number of nitrogens with one attached hydrogen (secondary N) is 2. The monoisotopic (exact) mass is 273 g/mol. The first-order valence-electron chi connectivity index (χ1n) is 7.44. The number of β-amino-alcohol motifs (C(OH)–C–C–N with tert-alkyl or cyclic N) is 1. The fourth-order valence-electron chi connectivity index (χ4n) is 3.15. The number of aromatic amines is 1. The van der Waals surface area contributed by atoms with Crippen LogP contribution in [0.1, 0.15) is 23.8 Å². The SMILES string of the molecule is Cc1[nH]c2ccccc2c1C(O)CN1CCCNCC1. The Hall–Kier alpha value is -1.36. The molecule has 3 rings (SSSR count). The van der Waals surface area contributed by atoms with Crippen molar-refractivity contribution in [3.05, 3.63) is 35.5 Å². The lowest BCUT2D eigenvalue weighted by atomic mass is 10.0. The molecule has 2 aromatic rings. The van der Waals surface area contributed by atoms with Crippen LogP contribution in [0.25, 0.3) is 10.9 Å². The van der Waals surface area contributed by atoms with Gasteiger partial charge < -0.3 is 15.4 Å². The Morgan fingerprint density at radius 1 is 1.25 bits per heavy atom. The fourth-order valence-corrected chi connectivity index (χ4v) is 3.15. The number of hydrogen-bond donors (Lipinski definition) is 3. The predicted molar refractivity (Wildman–Crippen MR) is 81.9 cm³/mol. The third-order valence-electron chi connectivity index (χ3n) is 4.14. The van der Waals surface area contributed by atoms with E-state index in [9.17, 15) is 5.11 Å². The second-order valence-corrected chi connectivity index (χ2v) is 5.63. The maximum absolute atomic E-state index is 10.7. The highest BCUT2D eigenvalue weighted by Crippen LogP contribution is 2.28. The van der Waals surface area contributed by atoms with Crippen LogP contribution in [0.5, 0.6) is 0 Å². The Labute approximate surface area is 119 Å². The molecule has 2 heterocycles. The van der Waals surface area contributed by atoms with Crippen molar-refractivity contribution in [3.8, 4) is 0 Å². The van der Waals surface area contributed by atoms with Crippen LogP contribution in [0.4, 0.5) is 0 Å². The smallest absolute Gasteiger partial charge is 0.0940 e. The van der Waals surface area contributed by atoms with Crippen LogP contribution in [0, 0.1) is 6.92 Å². The molecule has 1 aliphatic rings. The lowest BCUT2D eigenvalue weighted by Gasteiger charge is -2.23. The van der Waals surface area contributed by atoms with Crippen LogP contribution in [-0.2, 0) is 0 Å². The maximum atomic E-state index is 10.7. The Morgan fingerprint density at radius 3 is 3.00 bits per heavy atom. The van der Waals surface area contributed by atoms with Crippen molar-refractivity contribution in [3.63, 3.8) is 0 Å². The van der Waals surface area contributed by atoms with E-state index in [0.29, 0.717) is 6.54 Å². The highest BCUT2D eigenvalue weighted by Gasteiger charge is 2.19. The largest absolute Gasteiger partial charge is 0.387 e. The highest BCUT2D eigenvalue weighted by atomic mass is 16.3. The van der Waals surface area contributed by atoms with Crippen LogP contribution >= 0.6 is 0 Å². The second kappa shape index (κ2) is 5.95. The molecule has 1 aromatic heterocycles. The van der Waals surface area contributed by atoms with Crippen LogP contribution in [0.15, 0.2) is 24.3 Å². The minimum atomic E-state index is -0.427. The number of aliphatic hydroxyl groups excluding tert-OH is 1. The van der Waals surface area contributed by atoms with Gasteiger partial charge in [0.25, 0.3) is 0 Å². The van der Waals surface area contributed by atoms with Gasteiger partial charge >= 0.3 is 0 Å². The summed E-state index contributed by atoms with van der Waals surface area (Å²) < 4.78 is 0. The maximum Gasteiger partial charge on any atom is 0.0940 e. The van der Waals surface area contributed by atoms with Gasteiger partial charge in [0, 0.05) is 41.8 Å². The highest BCUT2D eigenvalue weighted by molar-refractivity contribution is 5.84. The van der Waals surface area contributed by atoms with Gasteiger partial charge in [-0.05, 0) is 32.5 Å². The molecule has 108 valence electrons. The quantitative estimate of drug-likeness (QED) is 0.799. The van der Waals surface area contributed by atoms with Crippen molar-refractivity contribution in [2.75, 3.05) is 32.7 Å². The van der Waals surface area contributed by atoms with Gasteiger partial charge in [-0.25, -0.2) is 0 Å². The molecule has 20 heavy (non-hydrogen) atoms. The van der Waals surface area contributed by atoms with Gasteiger partial charge in [0.05, 0.1) is 6.10 Å². The Bertz CT molecular complexity index is 570. The second-order valence-electron chi connectivity index (χ2n) is 5.63. The summed E-state index contributed by atoms with van der Waals surface area (Å²) >= 11 is 0. The summed E-state index contributed by atoms with van der Waals surface area (Å²) in [6, 6.07) is 8.20. The van der Waals surface area contributed by atoms with E-state index < -0.39 is 6.10 Å². The molecule has 0 radical (unpaired) electrons. The summed E-state index contributed by atoms with van der Waals surface area (Å²) in [6.07, 6.45) is 0.726. The van der Waals surface area contributed by atoms with E-state index in [2.05, 4.69) is 27.3 Å².